The number of likely N-dealkylation sites (N-methyl/N-ethyl adjacent to an activating group) is 1. The van der Waals surface area contributed by atoms with Crippen molar-refractivity contribution in [1.82, 2.24) is 9.62 Å². The van der Waals surface area contributed by atoms with Crippen LogP contribution in [0.2, 0.25) is 0 Å². The van der Waals surface area contributed by atoms with Gasteiger partial charge in [-0.25, -0.2) is 8.42 Å². The Morgan fingerprint density at radius 3 is 2.86 bits per heavy atom. The molecule has 1 N–H and O–H groups in total. The van der Waals surface area contributed by atoms with Crippen molar-refractivity contribution in [2.75, 3.05) is 26.8 Å². The Labute approximate surface area is 134 Å². The van der Waals surface area contributed by atoms with Gasteiger partial charge in [-0.05, 0) is 46.6 Å². The predicted molar refractivity (Wildman–Crippen MR) is 85.7 cm³/mol. The van der Waals surface area contributed by atoms with E-state index >= 15 is 0 Å². The van der Waals surface area contributed by atoms with E-state index in [2.05, 4.69) is 21.2 Å². The van der Waals surface area contributed by atoms with Gasteiger partial charge in [0.15, 0.2) is 0 Å². The molecule has 1 aromatic carbocycles. The third-order valence-corrected chi connectivity index (χ3v) is 6.56. The van der Waals surface area contributed by atoms with Gasteiger partial charge in [0, 0.05) is 24.7 Å². The molecule has 1 fully saturated rings. The van der Waals surface area contributed by atoms with Crippen LogP contribution in [-0.2, 0) is 21.3 Å². The smallest absolute Gasteiger partial charge is 0.244 e. The molecular weight excluding hydrogens is 356 g/mol. The Morgan fingerprint density at radius 1 is 1.48 bits per heavy atom. The highest BCUT2D eigenvalue weighted by molar-refractivity contribution is 9.10. The van der Waals surface area contributed by atoms with Crippen LogP contribution in [0.5, 0.6) is 0 Å². The van der Waals surface area contributed by atoms with Crippen molar-refractivity contribution in [3.8, 4) is 0 Å². The molecule has 1 saturated heterocycles. The van der Waals surface area contributed by atoms with E-state index in [0.29, 0.717) is 29.1 Å². The topological polar surface area (TPSA) is 58.6 Å². The molecule has 0 spiro atoms. The second kappa shape index (κ2) is 7.19. The molecule has 0 aliphatic carbocycles. The highest BCUT2D eigenvalue weighted by atomic mass is 79.9. The summed E-state index contributed by atoms with van der Waals surface area (Å²) in [7, 11) is -1.90. The minimum atomic E-state index is -3.52. The summed E-state index contributed by atoms with van der Waals surface area (Å²) in [5, 5.41) is 3.20. The van der Waals surface area contributed by atoms with Gasteiger partial charge in [-0.15, -0.1) is 0 Å². The van der Waals surface area contributed by atoms with Gasteiger partial charge in [0.05, 0.1) is 17.5 Å². The average Bonchev–Trinajstić information content (AvgIpc) is 2.99. The van der Waals surface area contributed by atoms with Gasteiger partial charge in [-0.1, -0.05) is 13.0 Å². The van der Waals surface area contributed by atoms with Gasteiger partial charge in [0.1, 0.15) is 0 Å². The van der Waals surface area contributed by atoms with E-state index in [1.165, 1.54) is 4.31 Å². The number of ether oxygens (including phenoxy) is 1. The first-order valence-corrected chi connectivity index (χ1v) is 9.25. The molecule has 0 amide bonds. The molecular formula is C14H21BrN2O3S. The number of hydrogen-bond donors (Lipinski definition) is 1. The zero-order valence-electron chi connectivity index (χ0n) is 12.3. The van der Waals surface area contributed by atoms with Crippen LogP contribution in [0.1, 0.15) is 18.9 Å². The molecule has 1 aliphatic heterocycles. The lowest BCUT2D eigenvalue weighted by molar-refractivity contribution is 0.181. The first-order valence-electron chi connectivity index (χ1n) is 7.01. The monoisotopic (exact) mass is 376 g/mol. The summed E-state index contributed by atoms with van der Waals surface area (Å²) in [6.07, 6.45) is 0.741. The molecule has 118 valence electrons. The van der Waals surface area contributed by atoms with Crippen LogP contribution < -0.4 is 5.32 Å². The van der Waals surface area contributed by atoms with Crippen LogP contribution in [0.25, 0.3) is 0 Å². The fraction of sp³-hybridized carbons (Fsp3) is 0.571. The van der Waals surface area contributed by atoms with Crippen molar-refractivity contribution in [1.29, 1.82) is 0 Å². The lowest BCUT2D eigenvalue weighted by atomic mass is 10.2. The second-order valence-electron chi connectivity index (χ2n) is 5.08. The summed E-state index contributed by atoms with van der Waals surface area (Å²) < 4.78 is 32.9. The maximum atomic E-state index is 12.8. The summed E-state index contributed by atoms with van der Waals surface area (Å²) in [6, 6.07) is 5.36. The maximum absolute atomic E-state index is 12.8. The number of nitrogens with one attached hydrogen (secondary N) is 1. The number of nitrogens with zero attached hydrogens (tertiary/aromatic N) is 1. The summed E-state index contributed by atoms with van der Waals surface area (Å²) in [5.41, 5.74) is 0.953. The van der Waals surface area contributed by atoms with E-state index in [4.69, 9.17) is 4.74 Å². The molecule has 0 aromatic heterocycles. The fourth-order valence-electron chi connectivity index (χ4n) is 2.28. The van der Waals surface area contributed by atoms with Gasteiger partial charge < -0.3 is 10.1 Å². The van der Waals surface area contributed by atoms with Crippen LogP contribution >= 0.6 is 15.9 Å². The van der Waals surface area contributed by atoms with Crippen molar-refractivity contribution >= 4 is 26.0 Å². The third kappa shape index (κ3) is 3.84. The Bertz CT molecular complexity index is 586. The van der Waals surface area contributed by atoms with Crippen molar-refractivity contribution in [2.45, 2.75) is 30.8 Å². The predicted octanol–water partition coefficient (Wildman–Crippen LogP) is 1.97. The fourth-order valence-corrected chi connectivity index (χ4v) is 4.63. The second-order valence-corrected chi connectivity index (χ2v) is 7.90. The molecule has 5 nitrogen and oxygen atoms in total. The van der Waals surface area contributed by atoms with Crippen LogP contribution in [0.4, 0.5) is 0 Å². The SMILES string of the molecule is CCNCc1ccc(Br)c(S(=O)(=O)N(C)C2CCOC2)c1. The van der Waals surface area contributed by atoms with Gasteiger partial charge in [0.25, 0.3) is 0 Å². The van der Waals surface area contributed by atoms with Crippen molar-refractivity contribution < 1.29 is 13.2 Å². The van der Waals surface area contributed by atoms with E-state index < -0.39 is 10.0 Å². The average molecular weight is 377 g/mol. The largest absolute Gasteiger partial charge is 0.380 e. The van der Waals surface area contributed by atoms with E-state index in [1.807, 2.05) is 13.0 Å². The van der Waals surface area contributed by atoms with Crippen LogP contribution in [0.3, 0.4) is 0 Å². The third-order valence-electron chi connectivity index (χ3n) is 3.65. The summed E-state index contributed by atoms with van der Waals surface area (Å²) in [6.45, 7) is 4.60. The van der Waals surface area contributed by atoms with E-state index in [1.54, 1.807) is 19.2 Å². The molecule has 1 heterocycles. The van der Waals surface area contributed by atoms with Gasteiger partial charge in [0.2, 0.25) is 10.0 Å². The van der Waals surface area contributed by atoms with Crippen molar-refractivity contribution in [3.05, 3.63) is 28.2 Å². The molecule has 1 aliphatic rings. The Morgan fingerprint density at radius 2 is 2.24 bits per heavy atom. The zero-order chi connectivity index (χ0) is 15.5. The minimum absolute atomic E-state index is 0.0840. The normalized spacial score (nSPS) is 19.3. The van der Waals surface area contributed by atoms with E-state index in [0.717, 1.165) is 18.5 Å². The molecule has 1 atom stereocenters. The van der Waals surface area contributed by atoms with Crippen molar-refractivity contribution in [3.63, 3.8) is 0 Å². The Kier molecular flexibility index (Phi) is 5.79. The first-order chi connectivity index (χ1) is 9.96. The number of rotatable bonds is 6. The number of benzene rings is 1. The molecule has 0 radical (unpaired) electrons. The van der Waals surface area contributed by atoms with Gasteiger partial charge >= 0.3 is 0 Å². The summed E-state index contributed by atoms with van der Waals surface area (Å²) in [4.78, 5) is 0.312. The number of sulfonamides is 1. The lowest BCUT2D eigenvalue weighted by Gasteiger charge is -2.23. The van der Waals surface area contributed by atoms with Gasteiger partial charge in [-0.3, -0.25) is 0 Å². The minimum Gasteiger partial charge on any atom is -0.380 e. The standard InChI is InChI=1S/C14H21BrN2O3S/c1-3-16-9-11-4-5-13(15)14(8-11)21(18,19)17(2)12-6-7-20-10-12/h4-5,8,12,16H,3,6-7,9-10H2,1-2H3. The molecule has 7 heteroatoms. The van der Waals surface area contributed by atoms with Crippen LogP contribution in [0, 0.1) is 0 Å². The van der Waals surface area contributed by atoms with E-state index in [9.17, 15) is 8.42 Å². The molecule has 0 saturated carbocycles. The maximum Gasteiger partial charge on any atom is 0.244 e. The van der Waals surface area contributed by atoms with Crippen LogP contribution in [0.15, 0.2) is 27.6 Å². The Balaban J connectivity index is 2.29. The molecule has 2 rings (SSSR count). The summed E-state index contributed by atoms with van der Waals surface area (Å²) >= 11 is 3.35. The Hall–Kier alpha value is -0.470. The zero-order valence-corrected chi connectivity index (χ0v) is 14.7. The quantitative estimate of drug-likeness (QED) is 0.824. The van der Waals surface area contributed by atoms with Crippen molar-refractivity contribution in [2.24, 2.45) is 0 Å². The first kappa shape index (κ1) is 16.9. The van der Waals surface area contributed by atoms with Gasteiger partial charge in [-0.2, -0.15) is 4.31 Å². The molecule has 1 unspecified atom stereocenters. The van der Waals surface area contributed by atoms with Crippen LogP contribution in [-0.4, -0.2) is 45.6 Å². The highest BCUT2D eigenvalue weighted by Gasteiger charge is 2.31. The molecule has 0 bridgehead atoms. The number of halogens is 1. The highest BCUT2D eigenvalue weighted by Crippen LogP contribution is 2.28. The summed E-state index contributed by atoms with van der Waals surface area (Å²) in [5.74, 6) is 0. The lowest BCUT2D eigenvalue weighted by Crippen LogP contribution is -2.37. The number of hydrogen-bond acceptors (Lipinski definition) is 4. The van der Waals surface area contributed by atoms with E-state index in [-0.39, 0.29) is 6.04 Å². The molecule has 21 heavy (non-hydrogen) atoms. The molecule has 1 aromatic rings.